The quantitative estimate of drug-likeness (QED) is 0.416. The highest BCUT2D eigenvalue weighted by atomic mass is 32.2. The van der Waals surface area contributed by atoms with Crippen molar-refractivity contribution in [1.29, 1.82) is 0 Å². The summed E-state index contributed by atoms with van der Waals surface area (Å²) in [5, 5.41) is 15.3. The number of nitrogens with one attached hydrogen (secondary N) is 1. The normalized spacial score (nSPS) is 16.3. The third-order valence-electron chi connectivity index (χ3n) is 4.95. The van der Waals surface area contributed by atoms with Gasteiger partial charge in [-0.3, -0.25) is 10.1 Å². The third kappa shape index (κ3) is 3.84. The molecular weight excluding hydrogens is 415 g/mol. The van der Waals surface area contributed by atoms with E-state index in [9.17, 15) is 31.7 Å². The average molecular weight is 434 g/mol. The van der Waals surface area contributed by atoms with Gasteiger partial charge in [0, 0.05) is 0 Å². The van der Waals surface area contributed by atoms with Crippen molar-refractivity contribution >= 4 is 15.7 Å². The van der Waals surface area contributed by atoms with Gasteiger partial charge in [-0.15, -0.1) is 0 Å². The molecule has 2 heterocycles. The SMILES string of the molecule is Cc1nn(C[NH+]2CCN(S(=O)(=O)c3ccc(F)c(F)c3F)CC2)c(C)c1[N+](=O)[O-]. The zero-order valence-electron chi connectivity index (χ0n) is 15.7. The van der Waals surface area contributed by atoms with E-state index in [2.05, 4.69) is 5.10 Å². The standard InChI is InChI=1S/C16H18F3N5O4S/c1-10-16(24(25)26)11(2)23(20-10)9-21-5-7-22(8-6-21)29(27,28)13-4-3-12(17)14(18)15(13)19/h3-4H,5-9H2,1-2H3/p+1. The Morgan fingerprint density at radius 1 is 1.17 bits per heavy atom. The molecule has 13 heteroatoms. The van der Waals surface area contributed by atoms with Crippen LogP contribution in [0.2, 0.25) is 0 Å². The molecule has 1 aliphatic heterocycles. The van der Waals surface area contributed by atoms with Crippen molar-refractivity contribution in [1.82, 2.24) is 14.1 Å². The summed E-state index contributed by atoms with van der Waals surface area (Å²) < 4.78 is 68.2. The van der Waals surface area contributed by atoms with Crippen LogP contribution < -0.4 is 4.90 Å². The number of halogens is 3. The second kappa shape index (κ2) is 7.72. The molecule has 0 atom stereocenters. The predicted molar refractivity (Wildman–Crippen MR) is 94.1 cm³/mol. The molecule has 0 saturated carbocycles. The van der Waals surface area contributed by atoms with Crippen LogP contribution in [0.15, 0.2) is 17.0 Å². The summed E-state index contributed by atoms with van der Waals surface area (Å²) in [6.45, 7) is 4.14. The molecule has 3 rings (SSSR count). The molecule has 0 radical (unpaired) electrons. The number of nitro groups is 1. The van der Waals surface area contributed by atoms with Crippen molar-refractivity contribution in [2.75, 3.05) is 26.2 Å². The van der Waals surface area contributed by atoms with Gasteiger partial charge in [-0.2, -0.15) is 9.40 Å². The maximum atomic E-state index is 13.9. The Morgan fingerprint density at radius 2 is 1.79 bits per heavy atom. The van der Waals surface area contributed by atoms with Gasteiger partial charge in [-0.25, -0.2) is 26.3 Å². The second-order valence-corrected chi connectivity index (χ2v) is 8.67. The summed E-state index contributed by atoms with van der Waals surface area (Å²) in [6.07, 6.45) is 0. The molecular formula is C16H19F3N5O4S+. The van der Waals surface area contributed by atoms with Gasteiger partial charge >= 0.3 is 5.69 Å². The fourth-order valence-corrected chi connectivity index (χ4v) is 4.86. The predicted octanol–water partition coefficient (Wildman–Crippen LogP) is 0.372. The minimum absolute atomic E-state index is 0.0253. The Labute approximate surface area is 164 Å². The van der Waals surface area contributed by atoms with Crippen molar-refractivity contribution in [3.05, 3.63) is 51.1 Å². The second-order valence-electron chi connectivity index (χ2n) is 6.76. The van der Waals surface area contributed by atoms with Crippen molar-refractivity contribution in [2.45, 2.75) is 25.4 Å². The first-order valence-electron chi connectivity index (χ1n) is 8.69. The molecule has 1 saturated heterocycles. The molecule has 0 spiro atoms. The van der Waals surface area contributed by atoms with Crippen molar-refractivity contribution in [3.8, 4) is 0 Å². The van der Waals surface area contributed by atoms with Crippen LogP contribution >= 0.6 is 0 Å². The van der Waals surface area contributed by atoms with Crippen molar-refractivity contribution in [3.63, 3.8) is 0 Å². The lowest BCUT2D eigenvalue weighted by atomic mass is 10.3. The van der Waals surface area contributed by atoms with Gasteiger partial charge in [0.15, 0.2) is 24.1 Å². The Balaban J connectivity index is 1.72. The number of aromatic nitrogens is 2. The van der Waals surface area contributed by atoms with Crippen LogP contribution in [-0.4, -0.2) is 53.6 Å². The highest BCUT2D eigenvalue weighted by Crippen LogP contribution is 2.23. The molecule has 9 nitrogen and oxygen atoms in total. The van der Waals surface area contributed by atoms with Crippen LogP contribution in [0, 0.1) is 41.4 Å². The Morgan fingerprint density at radius 3 is 2.34 bits per heavy atom. The zero-order chi connectivity index (χ0) is 21.5. The number of hydrogen-bond donors (Lipinski definition) is 1. The summed E-state index contributed by atoms with van der Waals surface area (Å²) in [4.78, 5) is 10.6. The zero-order valence-corrected chi connectivity index (χ0v) is 16.5. The van der Waals surface area contributed by atoms with E-state index in [0.717, 1.165) is 9.21 Å². The topological polar surface area (TPSA) is 103 Å². The number of benzene rings is 1. The number of sulfonamides is 1. The van der Waals surface area contributed by atoms with Gasteiger partial charge in [0.25, 0.3) is 0 Å². The minimum atomic E-state index is -4.32. The summed E-state index contributed by atoms with van der Waals surface area (Å²) in [5.74, 6) is -5.04. The number of quaternary nitrogens is 1. The number of nitrogens with zero attached hydrogens (tertiary/aromatic N) is 4. The fraction of sp³-hybridized carbons (Fsp3) is 0.438. The molecule has 1 aliphatic rings. The molecule has 0 bridgehead atoms. The van der Waals surface area contributed by atoms with Gasteiger partial charge in [0.2, 0.25) is 10.0 Å². The molecule has 1 aromatic heterocycles. The van der Waals surface area contributed by atoms with E-state index in [1.165, 1.54) is 11.6 Å². The molecule has 1 fully saturated rings. The number of piperazine rings is 1. The molecule has 1 N–H and O–H groups in total. The Bertz CT molecular complexity index is 1060. The van der Waals surface area contributed by atoms with Crippen LogP contribution in [0.4, 0.5) is 18.9 Å². The van der Waals surface area contributed by atoms with Crippen LogP contribution in [0.25, 0.3) is 0 Å². The first-order chi connectivity index (χ1) is 13.5. The van der Waals surface area contributed by atoms with Crippen molar-refractivity contribution in [2.24, 2.45) is 0 Å². The monoisotopic (exact) mass is 434 g/mol. The number of aryl methyl sites for hydroxylation is 1. The third-order valence-corrected chi connectivity index (χ3v) is 6.86. The lowest BCUT2D eigenvalue weighted by molar-refractivity contribution is -0.926. The van der Waals surface area contributed by atoms with E-state index in [0.29, 0.717) is 43.3 Å². The molecule has 0 unspecified atom stereocenters. The summed E-state index contributed by atoms with van der Waals surface area (Å²) >= 11 is 0. The van der Waals surface area contributed by atoms with Crippen LogP contribution in [0.3, 0.4) is 0 Å². The van der Waals surface area contributed by atoms with Gasteiger partial charge in [-0.05, 0) is 26.0 Å². The largest absolute Gasteiger partial charge is 0.314 e. The molecule has 158 valence electrons. The smallest absolute Gasteiger partial charge is 0.312 e. The Hall–Kier alpha value is -2.51. The lowest BCUT2D eigenvalue weighted by Gasteiger charge is -2.31. The fourth-order valence-electron chi connectivity index (χ4n) is 3.36. The van der Waals surface area contributed by atoms with Crippen LogP contribution in [0.1, 0.15) is 11.4 Å². The van der Waals surface area contributed by atoms with Crippen molar-refractivity contribution < 1.29 is 31.4 Å². The lowest BCUT2D eigenvalue weighted by Crippen LogP contribution is -3.14. The molecule has 0 amide bonds. The van der Waals surface area contributed by atoms with Gasteiger partial charge < -0.3 is 4.90 Å². The van der Waals surface area contributed by atoms with E-state index < -0.39 is 37.3 Å². The average Bonchev–Trinajstić information content (AvgIpc) is 2.93. The van der Waals surface area contributed by atoms with E-state index in [1.807, 2.05) is 0 Å². The number of rotatable bonds is 5. The van der Waals surface area contributed by atoms with E-state index in [4.69, 9.17) is 0 Å². The first-order valence-corrected chi connectivity index (χ1v) is 10.1. The molecule has 1 aromatic carbocycles. The van der Waals surface area contributed by atoms with Gasteiger partial charge in [0.1, 0.15) is 16.3 Å². The summed E-state index contributed by atoms with van der Waals surface area (Å²) in [7, 11) is -4.32. The maximum Gasteiger partial charge on any atom is 0.312 e. The summed E-state index contributed by atoms with van der Waals surface area (Å²) in [5.41, 5.74) is 0.639. The first kappa shape index (κ1) is 21.2. The summed E-state index contributed by atoms with van der Waals surface area (Å²) in [6, 6.07) is 1.28. The van der Waals surface area contributed by atoms with E-state index >= 15 is 0 Å². The Kier molecular flexibility index (Phi) is 5.65. The molecule has 29 heavy (non-hydrogen) atoms. The maximum absolute atomic E-state index is 13.9. The van der Waals surface area contributed by atoms with Crippen LogP contribution in [-0.2, 0) is 16.7 Å². The van der Waals surface area contributed by atoms with Gasteiger partial charge in [0.05, 0.1) is 31.1 Å². The molecule has 0 aliphatic carbocycles. The van der Waals surface area contributed by atoms with E-state index in [1.54, 1.807) is 6.92 Å². The highest BCUT2D eigenvalue weighted by Gasteiger charge is 2.34. The highest BCUT2D eigenvalue weighted by molar-refractivity contribution is 7.89. The van der Waals surface area contributed by atoms with E-state index in [-0.39, 0.29) is 18.8 Å². The van der Waals surface area contributed by atoms with Crippen LogP contribution in [0.5, 0.6) is 0 Å². The van der Waals surface area contributed by atoms with Gasteiger partial charge in [-0.1, -0.05) is 0 Å². The number of hydrogen-bond acceptors (Lipinski definition) is 5. The molecule has 2 aromatic rings. The minimum Gasteiger partial charge on any atom is -0.314 e.